The maximum absolute atomic E-state index is 11.6. The summed E-state index contributed by atoms with van der Waals surface area (Å²) < 4.78 is 5.74. The van der Waals surface area contributed by atoms with Gasteiger partial charge in [-0.05, 0) is 39.0 Å². The Morgan fingerprint density at radius 2 is 2.26 bits per heavy atom. The molecule has 110 valence electrons. The van der Waals surface area contributed by atoms with E-state index in [1.165, 1.54) is 0 Å². The zero-order valence-corrected chi connectivity index (χ0v) is 12.1. The van der Waals surface area contributed by atoms with Gasteiger partial charge < -0.3 is 16.2 Å². The molecule has 1 aliphatic heterocycles. The molecule has 0 bridgehead atoms. The Balaban J connectivity index is 2.08. The third kappa shape index (κ3) is 3.09. The van der Waals surface area contributed by atoms with Crippen molar-refractivity contribution in [3.05, 3.63) is 0 Å². The molecule has 1 aliphatic carbocycles. The highest BCUT2D eigenvalue weighted by atomic mass is 16.5. The smallest absolute Gasteiger partial charge is 0.237 e. The van der Waals surface area contributed by atoms with Gasteiger partial charge in [-0.3, -0.25) is 9.69 Å². The average Bonchev–Trinajstić information content (AvgIpc) is 2.38. The number of ether oxygens (including phenoxy) is 1. The number of morpholine rings is 1. The Labute approximate surface area is 115 Å². The lowest BCUT2D eigenvalue weighted by molar-refractivity contribution is -0.126. The van der Waals surface area contributed by atoms with E-state index in [0.29, 0.717) is 18.5 Å². The molecule has 0 aromatic carbocycles. The van der Waals surface area contributed by atoms with Crippen molar-refractivity contribution in [2.45, 2.75) is 69.7 Å². The van der Waals surface area contributed by atoms with Crippen LogP contribution in [0.1, 0.15) is 46.0 Å². The van der Waals surface area contributed by atoms with Crippen molar-refractivity contribution in [3.63, 3.8) is 0 Å². The van der Waals surface area contributed by atoms with Crippen molar-refractivity contribution in [1.82, 2.24) is 4.90 Å². The van der Waals surface area contributed by atoms with Crippen LogP contribution in [0.4, 0.5) is 0 Å². The largest absolute Gasteiger partial charge is 0.376 e. The fraction of sp³-hybridized carbons (Fsp3) is 0.929. The van der Waals surface area contributed by atoms with E-state index in [1.54, 1.807) is 0 Å². The van der Waals surface area contributed by atoms with E-state index >= 15 is 0 Å². The number of carbonyl (C=O) groups is 1. The van der Waals surface area contributed by atoms with E-state index in [2.05, 4.69) is 18.7 Å². The summed E-state index contributed by atoms with van der Waals surface area (Å²) >= 11 is 0. The Hall–Kier alpha value is -0.650. The molecule has 0 radical (unpaired) electrons. The molecule has 0 aromatic rings. The van der Waals surface area contributed by atoms with Gasteiger partial charge in [-0.1, -0.05) is 6.92 Å². The van der Waals surface area contributed by atoms with Gasteiger partial charge in [0.2, 0.25) is 5.91 Å². The van der Waals surface area contributed by atoms with Crippen molar-refractivity contribution in [2.24, 2.45) is 11.5 Å². The summed E-state index contributed by atoms with van der Waals surface area (Å²) in [4.78, 5) is 14.1. The van der Waals surface area contributed by atoms with Gasteiger partial charge in [-0.15, -0.1) is 0 Å². The van der Waals surface area contributed by atoms with Gasteiger partial charge in [0.1, 0.15) is 0 Å². The van der Waals surface area contributed by atoms with Crippen LogP contribution < -0.4 is 11.5 Å². The second-order valence-electron chi connectivity index (χ2n) is 6.17. The van der Waals surface area contributed by atoms with Crippen molar-refractivity contribution in [2.75, 3.05) is 13.2 Å². The van der Waals surface area contributed by atoms with Gasteiger partial charge in [0, 0.05) is 18.6 Å². The summed E-state index contributed by atoms with van der Waals surface area (Å²) in [5, 5.41) is 0. The molecule has 4 atom stereocenters. The number of amides is 1. The normalized spacial score (nSPS) is 41.1. The average molecular weight is 269 g/mol. The number of nitrogens with two attached hydrogens (primary N) is 2. The monoisotopic (exact) mass is 269 g/mol. The molecule has 4 N–H and O–H groups in total. The molecule has 2 rings (SSSR count). The highest BCUT2D eigenvalue weighted by molar-refractivity contribution is 5.84. The molecule has 4 unspecified atom stereocenters. The lowest BCUT2D eigenvalue weighted by atomic mass is 9.78. The Bertz CT molecular complexity index is 337. The molecule has 2 aliphatic rings. The highest BCUT2D eigenvalue weighted by Crippen LogP contribution is 2.32. The molecule has 1 saturated carbocycles. The number of hydrogen-bond acceptors (Lipinski definition) is 4. The van der Waals surface area contributed by atoms with Crippen LogP contribution >= 0.6 is 0 Å². The molecule has 0 aromatic heterocycles. The van der Waals surface area contributed by atoms with Crippen molar-refractivity contribution < 1.29 is 9.53 Å². The Morgan fingerprint density at radius 1 is 1.53 bits per heavy atom. The predicted octanol–water partition coefficient (Wildman–Crippen LogP) is 0.611. The van der Waals surface area contributed by atoms with Crippen molar-refractivity contribution >= 4 is 5.91 Å². The predicted molar refractivity (Wildman–Crippen MR) is 74.6 cm³/mol. The van der Waals surface area contributed by atoms with E-state index in [1.807, 2.05) is 0 Å². The van der Waals surface area contributed by atoms with Crippen LogP contribution in [0.15, 0.2) is 0 Å². The number of rotatable bonds is 3. The molecule has 0 spiro atoms. The SMILES string of the molecule is CCC1COC(C)CN1C1CCCC(N)(C(N)=O)C1. The summed E-state index contributed by atoms with van der Waals surface area (Å²) in [7, 11) is 0. The first kappa shape index (κ1) is 14.8. The second kappa shape index (κ2) is 5.77. The van der Waals surface area contributed by atoms with Gasteiger partial charge >= 0.3 is 0 Å². The number of nitrogens with zero attached hydrogens (tertiary/aromatic N) is 1. The zero-order valence-electron chi connectivity index (χ0n) is 12.1. The van der Waals surface area contributed by atoms with E-state index in [9.17, 15) is 4.79 Å². The van der Waals surface area contributed by atoms with Gasteiger partial charge in [0.05, 0.1) is 18.2 Å². The minimum absolute atomic E-state index is 0.255. The summed E-state index contributed by atoms with van der Waals surface area (Å²) in [5.74, 6) is -0.355. The van der Waals surface area contributed by atoms with Gasteiger partial charge in [0.15, 0.2) is 0 Å². The molecule has 1 heterocycles. The minimum Gasteiger partial charge on any atom is -0.376 e. The second-order valence-corrected chi connectivity index (χ2v) is 6.17. The summed E-state index contributed by atoms with van der Waals surface area (Å²) in [6.07, 6.45) is 4.81. The summed E-state index contributed by atoms with van der Waals surface area (Å²) in [5.41, 5.74) is 10.9. The standard InChI is InChI=1S/C14H27N3O2/c1-3-11-9-19-10(2)8-17(11)12-5-4-6-14(16,7-12)13(15)18/h10-12H,3-9,16H2,1-2H3,(H2,15,18). The number of hydrogen-bond donors (Lipinski definition) is 2. The van der Waals surface area contributed by atoms with Gasteiger partial charge in [-0.2, -0.15) is 0 Å². The van der Waals surface area contributed by atoms with E-state index in [0.717, 1.165) is 38.8 Å². The Morgan fingerprint density at radius 3 is 2.89 bits per heavy atom. The Kier molecular flexibility index (Phi) is 4.48. The summed E-state index contributed by atoms with van der Waals surface area (Å²) in [6.45, 7) is 6.00. The molecule has 5 heteroatoms. The molecular weight excluding hydrogens is 242 g/mol. The third-order valence-electron chi connectivity index (χ3n) is 4.70. The molecule has 1 amide bonds. The van der Waals surface area contributed by atoms with E-state index in [4.69, 9.17) is 16.2 Å². The third-order valence-corrected chi connectivity index (χ3v) is 4.70. The molecule has 1 saturated heterocycles. The van der Waals surface area contributed by atoms with Crippen LogP contribution in [-0.2, 0) is 9.53 Å². The first-order valence-corrected chi connectivity index (χ1v) is 7.42. The van der Waals surface area contributed by atoms with E-state index in [-0.39, 0.29) is 12.0 Å². The van der Waals surface area contributed by atoms with Crippen LogP contribution in [0.2, 0.25) is 0 Å². The quantitative estimate of drug-likeness (QED) is 0.786. The van der Waals surface area contributed by atoms with Crippen LogP contribution in [0.5, 0.6) is 0 Å². The maximum Gasteiger partial charge on any atom is 0.237 e. The topological polar surface area (TPSA) is 81.6 Å². The zero-order chi connectivity index (χ0) is 14.0. The van der Waals surface area contributed by atoms with Crippen LogP contribution in [0.25, 0.3) is 0 Å². The molecule has 19 heavy (non-hydrogen) atoms. The minimum atomic E-state index is -0.817. The maximum atomic E-state index is 11.6. The fourth-order valence-electron chi connectivity index (χ4n) is 3.45. The first-order valence-electron chi connectivity index (χ1n) is 7.42. The fourth-order valence-corrected chi connectivity index (χ4v) is 3.45. The molecule has 2 fully saturated rings. The van der Waals surface area contributed by atoms with Gasteiger partial charge in [-0.25, -0.2) is 0 Å². The summed E-state index contributed by atoms with van der Waals surface area (Å²) in [6, 6.07) is 0.805. The van der Waals surface area contributed by atoms with Crippen LogP contribution in [-0.4, -0.2) is 47.7 Å². The highest BCUT2D eigenvalue weighted by Gasteiger charge is 2.42. The van der Waals surface area contributed by atoms with Crippen LogP contribution in [0, 0.1) is 0 Å². The lowest BCUT2D eigenvalue weighted by Gasteiger charge is -2.47. The van der Waals surface area contributed by atoms with Crippen molar-refractivity contribution in [1.29, 1.82) is 0 Å². The molecular formula is C14H27N3O2. The van der Waals surface area contributed by atoms with Gasteiger partial charge in [0.25, 0.3) is 0 Å². The molecule has 5 nitrogen and oxygen atoms in total. The number of primary amides is 1. The lowest BCUT2D eigenvalue weighted by Crippen LogP contribution is -2.61. The van der Waals surface area contributed by atoms with Crippen LogP contribution in [0.3, 0.4) is 0 Å². The van der Waals surface area contributed by atoms with Crippen molar-refractivity contribution in [3.8, 4) is 0 Å². The van der Waals surface area contributed by atoms with E-state index < -0.39 is 5.54 Å². The first-order chi connectivity index (χ1) is 8.96. The number of carbonyl (C=O) groups excluding carboxylic acids is 1.